The van der Waals surface area contributed by atoms with Gasteiger partial charge in [0.25, 0.3) is 0 Å². The highest BCUT2D eigenvalue weighted by Crippen LogP contribution is 2.32. The van der Waals surface area contributed by atoms with E-state index in [1.54, 1.807) is 7.05 Å². The molecule has 0 aliphatic rings. The molecule has 1 atom stereocenters. The van der Waals surface area contributed by atoms with Crippen LogP contribution in [0.3, 0.4) is 0 Å². The lowest BCUT2D eigenvalue weighted by atomic mass is 9.97. The zero-order valence-electron chi connectivity index (χ0n) is 20.0. The number of nitrogens with zero attached hydrogens (tertiary/aromatic N) is 1. The number of rotatable bonds is 8. The molecule has 4 nitrogen and oxygen atoms in total. The van der Waals surface area contributed by atoms with Crippen LogP contribution in [-0.2, 0) is 0 Å². The normalized spacial score (nSPS) is 12.4. The van der Waals surface area contributed by atoms with Gasteiger partial charge in [0, 0.05) is 18.2 Å². The van der Waals surface area contributed by atoms with Crippen molar-refractivity contribution >= 4 is 5.84 Å². The van der Waals surface area contributed by atoms with Crippen molar-refractivity contribution in [2.75, 3.05) is 13.6 Å². The predicted molar refractivity (Wildman–Crippen MR) is 132 cm³/mol. The molecule has 1 unspecified atom stereocenters. The molecule has 2 rings (SSSR count). The fourth-order valence-corrected chi connectivity index (χ4v) is 3.11. The van der Waals surface area contributed by atoms with Crippen molar-refractivity contribution in [2.24, 2.45) is 22.4 Å². The van der Waals surface area contributed by atoms with E-state index in [0.717, 1.165) is 53.8 Å². The Hall–Kier alpha value is -2.33. The van der Waals surface area contributed by atoms with Crippen LogP contribution in [0.5, 0.6) is 5.75 Å². The molecule has 4 heteroatoms. The van der Waals surface area contributed by atoms with Crippen molar-refractivity contribution in [3.63, 3.8) is 0 Å². The Morgan fingerprint density at radius 1 is 1.03 bits per heavy atom. The van der Waals surface area contributed by atoms with E-state index in [2.05, 4.69) is 82.9 Å². The maximum atomic E-state index is 6.42. The molecule has 0 aliphatic carbocycles. The lowest BCUT2D eigenvalue weighted by Gasteiger charge is -2.22. The Labute approximate surface area is 183 Å². The number of aliphatic imine (C=N–C) groups is 1. The lowest BCUT2D eigenvalue weighted by molar-refractivity contribution is 0.169. The largest absolute Gasteiger partial charge is 0.490 e. The summed E-state index contributed by atoms with van der Waals surface area (Å²) in [6.07, 6.45) is 3.32. The second kappa shape index (κ2) is 13.1. The molecule has 2 aromatic carbocycles. The second-order valence-corrected chi connectivity index (χ2v) is 8.19. The molecule has 0 saturated carbocycles. The number of aryl methyl sites for hydroxylation is 1. The van der Waals surface area contributed by atoms with Crippen LogP contribution in [0.2, 0.25) is 0 Å². The van der Waals surface area contributed by atoms with Gasteiger partial charge in [0.15, 0.2) is 0 Å². The van der Waals surface area contributed by atoms with Crippen LogP contribution >= 0.6 is 0 Å². The van der Waals surface area contributed by atoms with E-state index in [1.807, 2.05) is 0 Å². The van der Waals surface area contributed by atoms with Crippen LogP contribution in [0, 0.1) is 19.8 Å². The minimum atomic E-state index is 0.203. The minimum absolute atomic E-state index is 0.203. The number of amidine groups is 1. The van der Waals surface area contributed by atoms with Crippen LogP contribution in [0.25, 0.3) is 11.1 Å². The third-order valence-electron chi connectivity index (χ3n) is 5.03. The van der Waals surface area contributed by atoms with E-state index in [0.29, 0.717) is 11.8 Å². The summed E-state index contributed by atoms with van der Waals surface area (Å²) in [5.74, 6) is 2.04. The van der Waals surface area contributed by atoms with Crippen molar-refractivity contribution in [1.82, 2.24) is 0 Å². The number of benzene rings is 2. The molecule has 0 fully saturated rings. The third-order valence-corrected chi connectivity index (χ3v) is 5.03. The fourth-order valence-electron chi connectivity index (χ4n) is 3.11. The zero-order chi connectivity index (χ0) is 22.7. The van der Waals surface area contributed by atoms with Crippen LogP contribution in [0.15, 0.2) is 41.4 Å². The van der Waals surface area contributed by atoms with Crippen molar-refractivity contribution in [3.8, 4) is 16.9 Å². The Morgan fingerprint density at radius 2 is 1.63 bits per heavy atom. The summed E-state index contributed by atoms with van der Waals surface area (Å²) in [6, 6.07) is 12.8. The highest BCUT2D eigenvalue weighted by molar-refractivity contribution is 6.00. The molecule has 2 aromatic rings. The van der Waals surface area contributed by atoms with Gasteiger partial charge in [-0.1, -0.05) is 57.5 Å². The van der Waals surface area contributed by atoms with E-state index >= 15 is 0 Å². The summed E-state index contributed by atoms with van der Waals surface area (Å²) in [4.78, 5) is 4.20. The van der Waals surface area contributed by atoms with Gasteiger partial charge in [0.1, 0.15) is 11.6 Å². The predicted octanol–water partition coefficient (Wildman–Crippen LogP) is 5.86. The minimum Gasteiger partial charge on any atom is -0.490 e. The van der Waals surface area contributed by atoms with E-state index in [1.165, 1.54) is 5.56 Å². The van der Waals surface area contributed by atoms with Crippen molar-refractivity contribution < 1.29 is 4.74 Å². The average molecular weight is 412 g/mol. The zero-order valence-corrected chi connectivity index (χ0v) is 20.0. The summed E-state index contributed by atoms with van der Waals surface area (Å²) < 4.78 is 6.42. The van der Waals surface area contributed by atoms with E-state index in [4.69, 9.17) is 16.2 Å². The molecule has 0 radical (unpaired) electrons. The molecule has 30 heavy (non-hydrogen) atoms. The number of ether oxygens (including phenoxy) is 1. The quantitative estimate of drug-likeness (QED) is 0.422. The van der Waals surface area contributed by atoms with Crippen molar-refractivity contribution in [1.29, 1.82) is 0 Å². The molecule has 0 spiro atoms. The monoisotopic (exact) mass is 411 g/mol. The number of nitrogens with two attached hydrogens (primary N) is 2. The van der Waals surface area contributed by atoms with Crippen LogP contribution in [-0.4, -0.2) is 25.5 Å². The molecule has 0 aliphatic heterocycles. The molecule has 0 bridgehead atoms. The fraction of sp³-hybridized carbons (Fsp3) is 0.500. The van der Waals surface area contributed by atoms with Crippen LogP contribution < -0.4 is 16.2 Å². The molecule has 4 N–H and O–H groups in total. The summed E-state index contributed by atoms with van der Waals surface area (Å²) in [6.45, 7) is 13.7. The molecule has 0 aromatic heterocycles. The topological polar surface area (TPSA) is 73.6 Å². The van der Waals surface area contributed by atoms with Gasteiger partial charge in [-0.05, 0) is 68.8 Å². The Bertz CT molecular complexity index is 793. The van der Waals surface area contributed by atoms with Gasteiger partial charge in [-0.2, -0.15) is 0 Å². The van der Waals surface area contributed by atoms with E-state index < -0.39 is 0 Å². The smallest absolute Gasteiger partial charge is 0.125 e. The van der Waals surface area contributed by atoms with Gasteiger partial charge in [0.2, 0.25) is 0 Å². The van der Waals surface area contributed by atoms with Gasteiger partial charge in [-0.3, -0.25) is 4.99 Å². The van der Waals surface area contributed by atoms with Gasteiger partial charge >= 0.3 is 0 Å². The SMILES string of the molecule is CCC(CC(C)C)Oc1cc(-c2ccc(C)cc2)cc(C(N)=NC)c1C.CCCN. The first-order valence-electron chi connectivity index (χ1n) is 11.1. The summed E-state index contributed by atoms with van der Waals surface area (Å²) in [5, 5.41) is 0. The highest BCUT2D eigenvalue weighted by atomic mass is 16.5. The van der Waals surface area contributed by atoms with E-state index in [9.17, 15) is 0 Å². The number of hydrogen-bond acceptors (Lipinski definition) is 3. The molecule has 0 heterocycles. The van der Waals surface area contributed by atoms with Gasteiger partial charge in [-0.15, -0.1) is 0 Å². The average Bonchev–Trinajstić information content (AvgIpc) is 2.74. The Kier molecular flexibility index (Phi) is 11.2. The lowest BCUT2D eigenvalue weighted by Crippen LogP contribution is -2.20. The second-order valence-electron chi connectivity index (χ2n) is 8.19. The van der Waals surface area contributed by atoms with Crippen LogP contribution in [0.1, 0.15) is 63.6 Å². The number of hydrogen-bond donors (Lipinski definition) is 2. The van der Waals surface area contributed by atoms with Crippen molar-refractivity contribution in [3.05, 3.63) is 53.1 Å². The molecular weight excluding hydrogens is 370 g/mol. The van der Waals surface area contributed by atoms with E-state index in [-0.39, 0.29) is 6.10 Å². The first kappa shape index (κ1) is 25.7. The van der Waals surface area contributed by atoms with Crippen LogP contribution in [0.4, 0.5) is 0 Å². The van der Waals surface area contributed by atoms with Gasteiger partial charge < -0.3 is 16.2 Å². The maximum Gasteiger partial charge on any atom is 0.125 e. The van der Waals surface area contributed by atoms with Gasteiger partial charge in [-0.25, -0.2) is 0 Å². The summed E-state index contributed by atoms with van der Waals surface area (Å²) in [7, 11) is 1.72. The first-order valence-corrected chi connectivity index (χ1v) is 11.1. The maximum absolute atomic E-state index is 6.42. The summed E-state index contributed by atoms with van der Waals surface area (Å²) >= 11 is 0. The molecular formula is C26H41N3O. The highest BCUT2D eigenvalue weighted by Gasteiger charge is 2.16. The van der Waals surface area contributed by atoms with Crippen molar-refractivity contribution in [2.45, 2.75) is 66.9 Å². The third kappa shape index (κ3) is 7.83. The molecule has 166 valence electrons. The first-order chi connectivity index (χ1) is 14.3. The van der Waals surface area contributed by atoms with Gasteiger partial charge in [0.05, 0.1) is 6.10 Å². The standard InChI is InChI=1S/C23H32N2O.C3H9N/c1-7-20(12-15(2)3)26-22-14-19(18-10-8-16(4)9-11-18)13-21(17(22)5)23(24)25-6;1-2-3-4/h8-11,13-15,20H,7,12H2,1-6H3,(H2,24,25);2-4H2,1H3. The summed E-state index contributed by atoms with van der Waals surface area (Å²) in [5.41, 5.74) is 16.7. The Balaban J connectivity index is 0.00000103. The molecule has 0 amide bonds. The Morgan fingerprint density at radius 3 is 2.10 bits per heavy atom. The molecule has 0 saturated heterocycles.